The van der Waals surface area contributed by atoms with Crippen LogP contribution in [0.2, 0.25) is 0 Å². The number of nitrogens with zero attached hydrogens (tertiary/aromatic N) is 3. The highest BCUT2D eigenvalue weighted by Crippen LogP contribution is 2.18. The van der Waals surface area contributed by atoms with Crippen LogP contribution in [0.1, 0.15) is 41.3 Å². The van der Waals surface area contributed by atoms with Crippen molar-refractivity contribution in [3.05, 3.63) is 28.4 Å². The Hall–Kier alpha value is -2.06. The van der Waals surface area contributed by atoms with Crippen molar-refractivity contribution in [3.8, 4) is 0 Å². The average molecular weight is 306 g/mol. The largest absolute Gasteiger partial charge is 0.308 e. The number of aryl methyl sites for hydroxylation is 2. The SMILES string of the molecule is CCCc1cc(C(=O)Nc2nnc(CC)s2)cc(NN)n1. The zero-order valence-corrected chi connectivity index (χ0v) is 12.8. The molecule has 0 unspecified atom stereocenters. The van der Waals surface area contributed by atoms with E-state index in [2.05, 4.69) is 32.8 Å². The Bertz CT molecular complexity index is 627. The maximum absolute atomic E-state index is 12.3. The number of hydrogen-bond acceptors (Lipinski definition) is 7. The highest BCUT2D eigenvalue weighted by molar-refractivity contribution is 7.15. The third kappa shape index (κ3) is 3.96. The molecular weight excluding hydrogens is 288 g/mol. The van der Waals surface area contributed by atoms with Gasteiger partial charge in [-0.15, -0.1) is 10.2 Å². The van der Waals surface area contributed by atoms with E-state index in [4.69, 9.17) is 5.84 Å². The van der Waals surface area contributed by atoms with Gasteiger partial charge in [0.05, 0.1) is 0 Å². The number of pyridine rings is 1. The maximum Gasteiger partial charge on any atom is 0.257 e. The van der Waals surface area contributed by atoms with E-state index in [1.165, 1.54) is 11.3 Å². The normalized spacial score (nSPS) is 10.4. The lowest BCUT2D eigenvalue weighted by Crippen LogP contribution is -2.15. The Balaban J connectivity index is 2.19. The molecule has 0 saturated heterocycles. The number of carbonyl (C=O) groups excluding carboxylic acids is 1. The molecule has 21 heavy (non-hydrogen) atoms. The van der Waals surface area contributed by atoms with E-state index in [0.717, 1.165) is 30.0 Å². The molecule has 7 nitrogen and oxygen atoms in total. The van der Waals surface area contributed by atoms with Crippen molar-refractivity contribution in [2.75, 3.05) is 10.7 Å². The third-order valence-corrected chi connectivity index (χ3v) is 3.77. The summed E-state index contributed by atoms with van der Waals surface area (Å²) in [5, 5.41) is 12.0. The van der Waals surface area contributed by atoms with Gasteiger partial charge in [0.15, 0.2) is 0 Å². The summed E-state index contributed by atoms with van der Waals surface area (Å²) in [7, 11) is 0. The van der Waals surface area contributed by atoms with Crippen LogP contribution in [0, 0.1) is 0 Å². The van der Waals surface area contributed by atoms with Crippen LogP contribution in [0.25, 0.3) is 0 Å². The number of nitrogens with one attached hydrogen (secondary N) is 2. The fourth-order valence-corrected chi connectivity index (χ4v) is 2.47. The van der Waals surface area contributed by atoms with Crippen LogP contribution in [0.5, 0.6) is 0 Å². The summed E-state index contributed by atoms with van der Waals surface area (Å²) in [6, 6.07) is 3.37. The number of rotatable bonds is 6. The van der Waals surface area contributed by atoms with Gasteiger partial charge in [0.25, 0.3) is 5.91 Å². The topological polar surface area (TPSA) is 106 Å². The summed E-state index contributed by atoms with van der Waals surface area (Å²) in [5.41, 5.74) is 3.80. The molecule has 0 atom stereocenters. The number of nitrogen functional groups attached to an aromatic ring is 1. The fraction of sp³-hybridized carbons (Fsp3) is 0.385. The van der Waals surface area contributed by atoms with Gasteiger partial charge < -0.3 is 5.43 Å². The molecule has 0 radical (unpaired) electrons. The van der Waals surface area contributed by atoms with Gasteiger partial charge in [0.1, 0.15) is 10.8 Å². The Morgan fingerprint density at radius 1 is 1.33 bits per heavy atom. The molecule has 0 saturated carbocycles. The highest BCUT2D eigenvalue weighted by Gasteiger charge is 2.12. The molecule has 2 heterocycles. The highest BCUT2D eigenvalue weighted by atomic mass is 32.1. The van der Waals surface area contributed by atoms with Crippen molar-refractivity contribution in [3.63, 3.8) is 0 Å². The van der Waals surface area contributed by atoms with Gasteiger partial charge >= 0.3 is 0 Å². The number of carbonyl (C=O) groups is 1. The fourth-order valence-electron chi connectivity index (χ4n) is 1.79. The second kappa shape index (κ2) is 7.09. The molecule has 4 N–H and O–H groups in total. The molecule has 0 bridgehead atoms. The molecule has 2 aromatic rings. The molecule has 112 valence electrons. The second-order valence-corrected chi connectivity index (χ2v) is 5.50. The van der Waals surface area contributed by atoms with Crippen LogP contribution in [0.4, 0.5) is 10.9 Å². The summed E-state index contributed by atoms with van der Waals surface area (Å²) < 4.78 is 0. The van der Waals surface area contributed by atoms with Gasteiger partial charge in [-0.05, 0) is 25.0 Å². The second-order valence-electron chi connectivity index (χ2n) is 4.44. The summed E-state index contributed by atoms with van der Waals surface area (Å²) >= 11 is 1.37. The predicted octanol–water partition coefficient (Wildman–Crippen LogP) is 1.99. The van der Waals surface area contributed by atoms with Gasteiger partial charge in [-0.25, -0.2) is 10.8 Å². The minimum atomic E-state index is -0.245. The van der Waals surface area contributed by atoms with E-state index >= 15 is 0 Å². The number of amides is 1. The zero-order valence-electron chi connectivity index (χ0n) is 12.0. The maximum atomic E-state index is 12.3. The Morgan fingerprint density at radius 2 is 2.14 bits per heavy atom. The standard InChI is InChI=1S/C13H18N6OS/c1-3-5-9-6-8(7-10(15-9)17-14)12(20)16-13-19-18-11(4-2)21-13/h6-7H,3-5,14H2,1-2H3,(H,15,17)(H,16,19,20). The van der Waals surface area contributed by atoms with Crippen LogP contribution in [-0.2, 0) is 12.8 Å². The van der Waals surface area contributed by atoms with Gasteiger partial charge in [-0.3, -0.25) is 10.1 Å². The van der Waals surface area contributed by atoms with E-state index in [1.54, 1.807) is 12.1 Å². The molecule has 0 aliphatic carbocycles. The van der Waals surface area contributed by atoms with E-state index in [0.29, 0.717) is 16.5 Å². The lowest BCUT2D eigenvalue weighted by molar-refractivity contribution is 0.102. The first-order valence-electron chi connectivity index (χ1n) is 6.77. The lowest BCUT2D eigenvalue weighted by atomic mass is 10.1. The zero-order chi connectivity index (χ0) is 15.2. The summed E-state index contributed by atoms with van der Waals surface area (Å²) in [6.45, 7) is 4.04. The van der Waals surface area contributed by atoms with Crippen molar-refractivity contribution in [1.29, 1.82) is 0 Å². The van der Waals surface area contributed by atoms with Crippen LogP contribution < -0.4 is 16.6 Å². The molecule has 2 aromatic heterocycles. The smallest absolute Gasteiger partial charge is 0.257 e. The molecule has 0 aliphatic heterocycles. The monoisotopic (exact) mass is 306 g/mol. The third-order valence-electron chi connectivity index (χ3n) is 2.78. The van der Waals surface area contributed by atoms with E-state index in [1.807, 2.05) is 6.92 Å². The lowest BCUT2D eigenvalue weighted by Gasteiger charge is -2.07. The van der Waals surface area contributed by atoms with Crippen molar-refractivity contribution >= 4 is 28.2 Å². The molecular formula is C13H18N6OS. The summed E-state index contributed by atoms with van der Waals surface area (Å²) in [5.74, 6) is 5.62. The van der Waals surface area contributed by atoms with Gasteiger partial charge in [-0.2, -0.15) is 0 Å². The Morgan fingerprint density at radius 3 is 2.76 bits per heavy atom. The quantitative estimate of drug-likeness (QED) is 0.556. The Kier molecular flexibility index (Phi) is 5.18. The number of hydrogen-bond donors (Lipinski definition) is 3. The van der Waals surface area contributed by atoms with E-state index < -0.39 is 0 Å². The summed E-state index contributed by atoms with van der Waals surface area (Å²) in [4.78, 5) is 16.6. The molecule has 0 spiro atoms. The number of nitrogens with two attached hydrogens (primary N) is 1. The first-order chi connectivity index (χ1) is 10.2. The van der Waals surface area contributed by atoms with Crippen LogP contribution >= 0.6 is 11.3 Å². The molecule has 1 amide bonds. The number of aromatic nitrogens is 3. The first-order valence-corrected chi connectivity index (χ1v) is 7.59. The van der Waals surface area contributed by atoms with Gasteiger partial charge in [0, 0.05) is 11.3 Å². The number of hydrazine groups is 1. The Labute approximate surface area is 127 Å². The van der Waals surface area contributed by atoms with Crippen LogP contribution in [0.15, 0.2) is 12.1 Å². The predicted molar refractivity (Wildman–Crippen MR) is 83.3 cm³/mol. The van der Waals surface area contributed by atoms with Crippen molar-refractivity contribution in [2.45, 2.75) is 33.1 Å². The first kappa shape index (κ1) is 15.3. The van der Waals surface area contributed by atoms with Crippen LogP contribution in [-0.4, -0.2) is 21.1 Å². The van der Waals surface area contributed by atoms with E-state index in [9.17, 15) is 4.79 Å². The minimum Gasteiger partial charge on any atom is -0.308 e. The molecule has 0 aromatic carbocycles. The van der Waals surface area contributed by atoms with Gasteiger partial charge in [0.2, 0.25) is 5.13 Å². The van der Waals surface area contributed by atoms with Crippen molar-refractivity contribution in [1.82, 2.24) is 15.2 Å². The molecule has 2 rings (SSSR count). The molecule has 8 heteroatoms. The average Bonchev–Trinajstić information content (AvgIpc) is 2.94. The van der Waals surface area contributed by atoms with Crippen molar-refractivity contribution < 1.29 is 4.79 Å². The number of anilines is 2. The van der Waals surface area contributed by atoms with Crippen molar-refractivity contribution in [2.24, 2.45) is 5.84 Å². The van der Waals surface area contributed by atoms with Gasteiger partial charge in [-0.1, -0.05) is 31.6 Å². The summed E-state index contributed by atoms with van der Waals surface area (Å²) in [6.07, 6.45) is 2.53. The minimum absolute atomic E-state index is 0.245. The van der Waals surface area contributed by atoms with E-state index in [-0.39, 0.29) is 5.91 Å². The molecule has 0 aliphatic rings. The van der Waals surface area contributed by atoms with Crippen LogP contribution in [0.3, 0.4) is 0 Å². The molecule has 0 fully saturated rings.